The van der Waals surface area contributed by atoms with Crippen LogP contribution in [0.25, 0.3) is 22.2 Å². The van der Waals surface area contributed by atoms with Gasteiger partial charge in [0, 0.05) is 16.5 Å². The molecule has 9 N–H and O–H groups in total. The number of halogens is 2. The molecule has 0 fully saturated rings. The molecule has 1 aromatic heterocycles. The summed E-state index contributed by atoms with van der Waals surface area (Å²) in [5.41, 5.74) is 15.1. The number of hydrogen-bond donors (Lipinski definition) is 5. The van der Waals surface area contributed by atoms with Gasteiger partial charge in [0.25, 0.3) is 0 Å². The van der Waals surface area contributed by atoms with Crippen LogP contribution in [0.1, 0.15) is 11.1 Å². The molecule has 0 saturated heterocycles. The molecule has 0 saturated carbocycles. The highest BCUT2D eigenvalue weighted by atomic mass is 35.5. The van der Waals surface area contributed by atoms with Gasteiger partial charge in [-0.15, -0.1) is 24.8 Å². The third-order valence-corrected chi connectivity index (χ3v) is 3.45. The summed E-state index contributed by atoms with van der Waals surface area (Å²) in [4.78, 5) is 3.28. The van der Waals surface area contributed by atoms with Crippen molar-refractivity contribution in [3.05, 3.63) is 59.7 Å². The number of amidine groups is 2. The summed E-state index contributed by atoms with van der Waals surface area (Å²) in [7, 11) is 0. The summed E-state index contributed by atoms with van der Waals surface area (Å²) < 4.78 is 0. The average Bonchev–Trinajstić information content (AvgIpc) is 2.87. The molecular formula is C16H19Cl2N5O. The lowest BCUT2D eigenvalue weighted by Gasteiger charge is -2.05. The van der Waals surface area contributed by atoms with Gasteiger partial charge in [-0.05, 0) is 11.6 Å². The van der Waals surface area contributed by atoms with Crippen molar-refractivity contribution in [2.45, 2.75) is 0 Å². The normalized spacial score (nSPS) is 9.33. The maximum atomic E-state index is 7.91. The predicted molar refractivity (Wildman–Crippen MR) is 104 cm³/mol. The maximum Gasteiger partial charge on any atom is 0.125 e. The molecule has 6 nitrogen and oxygen atoms in total. The SMILES string of the molecule is Cl.Cl.N=C(N)c1cccc2[nH]c(-c3ccccc3)c(C(=N)N)c12.O. The van der Waals surface area contributed by atoms with Gasteiger partial charge in [0.1, 0.15) is 11.7 Å². The fourth-order valence-electron chi connectivity index (χ4n) is 2.56. The summed E-state index contributed by atoms with van der Waals surface area (Å²) in [6, 6.07) is 15.2. The maximum absolute atomic E-state index is 7.91. The van der Waals surface area contributed by atoms with E-state index in [9.17, 15) is 0 Å². The molecule has 2 aromatic carbocycles. The molecule has 0 atom stereocenters. The number of hydrogen-bond acceptors (Lipinski definition) is 2. The van der Waals surface area contributed by atoms with E-state index in [0.29, 0.717) is 11.1 Å². The van der Waals surface area contributed by atoms with Crippen LogP contribution >= 0.6 is 24.8 Å². The standard InChI is InChI=1S/C16H15N5.2ClH.H2O/c17-15(18)10-7-4-8-11-12(10)13(16(19)20)14(21-11)9-5-2-1-3-6-9;;;/h1-8,21H,(H3,17,18)(H3,19,20);2*1H;1H2. The number of nitrogens with one attached hydrogen (secondary N) is 3. The molecule has 0 spiro atoms. The van der Waals surface area contributed by atoms with E-state index in [1.54, 1.807) is 6.07 Å². The number of H-pyrrole nitrogens is 1. The van der Waals surface area contributed by atoms with Crippen molar-refractivity contribution in [2.75, 3.05) is 0 Å². The van der Waals surface area contributed by atoms with Crippen LogP contribution in [0.3, 0.4) is 0 Å². The molecule has 0 bridgehead atoms. The third kappa shape index (κ3) is 3.51. The van der Waals surface area contributed by atoms with Gasteiger partial charge in [-0.3, -0.25) is 10.8 Å². The Hall–Kier alpha value is -2.54. The summed E-state index contributed by atoms with van der Waals surface area (Å²) in [6.45, 7) is 0. The average molecular weight is 368 g/mol. The second-order valence-corrected chi connectivity index (χ2v) is 4.80. The monoisotopic (exact) mass is 367 g/mol. The number of nitrogens with two attached hydrogens (primary N) is 2. The summed E-state index contributed by atoms with van der Waals surface area (Å²) in [6.07, 6.45) is 0. The number of rotatable bonds is 3. The highest BCUT2D eigenvalue weighted by Gasteiger charge is 2.18. The molecule has 0 aliphatic heterocycles. The summed E-state index contributed by atoms with van der Waals surface area (Å²) >= 11 is 0. The van der Waals surface area contributed by atoms with Crippen LogP contribution in [0, 0.1) is 10.8 Å². The van der Waals surface area contributed by atoms with E-state index >= 15 is 0 Å². The van der Waals surface area contributed by atoms with Crippen LogP contribution < -0.4 is 11.5 Å². The number of aromatic nitrogens is 1. The van der Waals surface area contributed by atoms with Crippen LogP contribution in [0.15, 0.2) is 48.5 Å². The highest BCUT2D eigenvalue weighted by molar-refractivity contribution is 6.19. The molecule has 3 aromatic rings. The van der Waals surface area contributed by atoms with Gasteiger partial charge in [0.2, 0.25) is 0 Å². The number of benzene rings is 2. The fraction of sp³-hybridized carbons (Fsp3) is 0. The lowest BCUT2D eigenvalue weighted by molar-refractivity contribution is 0.824. The lowest BCUT2D eigenvalue weighted by atomic mass is 10.0. The van der Waals surface area contributed by atoms with Gasteiger partial charge in [-0.1, -0.05) is 42.5 Å². The second-order valence-electron chi connectivity index (χ2n) is 4.80. The summed E-state index contributed by atoms with van der Waals surface area (Å²) in [5, 5.41) is 16.3. The van der Waals surface area contributed by atoms with Crippen molar-refractivity contribution < 1.29 is 5.48 Å². The first kappa shape index (κ1) is 21.5. The van der Waals surface area contributed by atoms with E-state index < -0.39 is 0 Å². The zero-order chi connectivity index (χ0) is 15.0. The minimum Gasteiger partial charge on any atom is -0.412 e. The largest absolute Gasteiger partial charge is 0.412 e. The predicted octanol–water partition coefficient (Wildman–Crippen LogP) is 2.42. The Balaban J connectivity index is 0.00000176. The Morgan fingerprint density at radius 1 is 0.833 bits per heavy atom. The number of aromatic amines is 1. The lowest BCUT2D eigenvalue weighted by Crippen LogP contribution is -2.15. The van der Waals surface area contributed by atoms with Crippen LogP contribution in [0.2, 0.25) is 0 Å². The zero-order valence-electron chi connectivity index (χ0n) is 12.6. The first-order valence-corrected chi connectivity index (χ1v) is 6.48. The summed E-state index contributed by atoms with van der Waals surface area (Å²) in [5.74, 6) is -0.0875. The quantitative estimate of drug-likeness (QED) is 0.357. The minimum absolute atomic E-state index is 0. The van der Waals surface area contributed by atoms with Crippen molar-refractivity contribution in [1.82, 2.24) is 4.98 Å². The van der Waals surface area contributed by atoms with Crippen LogP contribution in [-0.4, -0.2) is 22.1 Å². The Morgan fingerprint density at radius 3 is 2.00 bits per heavy atom. The fourth-order valence-corrected chi connectivity index (χ4v) is 2.56. The van der Waals surface area contributed by atoms with Crippen molar-refractivity contribution >= 4 is 47.4 Å². The molecule has 0 radical (unpaired) electrons. The Morgan fingerprint density at radius 2 is 1.46 bits per heavy atom. The Kier molecular flexibility index (Phi) is 7.47. The third-order valence-electron chi connectivity index (χ3n) is 3.45. The van der Waals surface area contributed by atoms with E-state index in [0.717, 1.165) is 22.2 Å². The van der Waals surface area contributed by atoms with E-state index in [1.165, 1.54) is 0 Å². The molecule has 3 rings (SSSR count). The molecule has 8 heteroatoms. The first-order valence-electron chi connectivity index (χ1n) is 6.48. The van der Waals surface area contributed by atoms with Gasteiger partial charge < -0.3 is 21.9 Å². The second kappa shape index (κ2) is 8.35. The van der Waals surface area contributed by atoms with Crippen LogP contribution in [0.4, 0.5) is 0 Å². The van der Waals surface area contributed by atoms with E-state index in [-0.39, 0.29) is 42.0 Å². The molecule has 0 aliphatic rings. The number of fused-ring (bicyclic) bond motifs is 1. The molecule has 0 amide bonds. The molecule has 0 aliphatic carbocycles. The van der Waals surface area contributed by atoms with Crippen molar-refractivity contribution in [3.63, 3.8) is 0 Å². The Labute approximate surface area is 151 Å². The van der Waals surface area contributed by atoms with Gasteiger partial charge in [0.15, 0.2) is 0 Å². The van der Waals surface area contributed by atoms with Crippen molar-refractivity contribution in [1.29, 1.82) is 10.8 Å². The van der Waals surface area contributed by atoms with Crippen molar-refractivity contribution in [2.24, 2.45) is 11.5 Å². The smallest absolute Gasteiger partial charge is 0.125 e. The van der Waals surface area contributed by atoms with E-state index in [2.05, 4.69) is 4.98 Å². The van der Waals surface area contributed by atoms with Gasteiger partial charge in [-0.2, -0.15) is 0 Å². The van der Waals surface area contributed by atoms with Crippen LogP contribution in [-0.2, 0) is 0 Å². The molecule has 1 heterocycles. The molecular weight excluding hydrogens is 349 g/mol. The zero-order valence-corrected chi connectivity index (χ0v) is 14.2. The molecule has 128 valence electrons. The molecule has 0 unspecified atom stereocenters. The first-order chi connectivity index (χ1) is 10.1. The van der Waals surface area contributed by atoms with Crippen molar-refractivity contribution in [3.8, 4) is 11.3 Å². The topological polar surface area (TPSA) is 147 Å². The van der Waals surface area contributed by atoms with E-state index in [4.69, 9.17) is 22.3 Å². The van der Waals surface area contributed by atoms with E-state index in [1.807, 2.05) is 42.5 Å². The minimum atomic E-state index is -0.0474. The van der Waals surface area contributed by atoms with Gasteiger partial charge in [-0.25, -0.2) is 0 Å². The molecule has 24 heavy (non-hydrogen) atoms. The Bertz CT molecular complexity index is 862. The van der Waals surface area contributed by atoms with Crippen LogP contribution in [0.5, 0.6) is 0 Å². The van der Waals surface area contributed by atoms with Gasteiger partial charge >= 0.3 is 0 Å². The highest BCUT2D eigenvalue weighted by Crippen LogP contribution is 2.32. The van der Waals surface area contributed by atoms with Gasteiger partial charge in [0.05, 0.1) is 11.3 Å². The number of nitrogen functional groups attached to an aromatic ring is 2.